The molecule has 1 aliphatic rings. The highest BCUT2D eigenvalue weighted by atomic mass is 16.5. The Kier molecular flexibility index (Phi) is 7.54. The molecule has 0 aliphatic heterocycles. The zero-order chi connectivity index (χ0) is 14.8. The highest BCUT2D eigenvalue weighted by molar-refractivity contribution is 5.91. The first-order valence-electron chi connectivity index (χ1n) is 7.37. The number of amides is 2. The van der Waals surface area contributed by atoms with Crippen LogP contribution in [0.5, 0.6) is 0 Å². The van der Waals surface area contributed by atoms with E-state index in [-0.39, 0.29) is 11.8 Å². The Morgan fingerprint density at radius 1 is 1.10 bits per heavy atom. The lowest BCUT2D eigenvalue weighted by molar-refractivity contribution is -0.134. The van der Waals surface area contributed by atoms with Crippen LogP contribution in [-0.2, 0) is 14.3 Å². The van der Waals surface area contributed by atoms with Crippen LogP contribution < -0.4 is 16.0 Å². The van der Waals surface area contributed by atoms with Crippen LogP contribution in [0.15, 0.2) is 0 Å². The number of hydrogen-bond acceptors (Lipinski definition) is 4. The summed E-state index contributed by atoms with van der Waals surface area (Å²) in [4.78, 5) is 23.7. The van der Waals surface area contributed by atoms with Gasteiger partial charge in [-0.15, -0.1) is 0 Å². The molecule has 6 nitrogen and oxygen atoms in total. The van der Waals surface area contributed by atoms with E-state index in [1.165, 1.54) is 6.92 Å². The van der Waals surface area contributed by atoms with E-state index in [2.05, 4.69) is 16.0 Å². The van der Waals surface area contributed by atoms with Gasteiger partial charge in [-0.3, -0.25) is 9.59 Å². The maximum absolute atomic E-state index is 12.4. The molecule has 20 heavy (non-hydrogen) atoms. The molecule has 0 aromatic carbocycles. The maximum Gasteiger partial charge on any atom is 0.245 e. The molecule has 0 heterocycles. The summed E-state index contributed by atoms with van der Waals surface area (Å²) in [6, 6.07) is 0. The highest BCUT2D eigenvalue weighted by Crippen LogP contribution is 2.28. The topological polar surface area (TPSA) is 79.5 Å². The predicted molar refractivity (Wildman–Crippen MR) is 77.4 cm³/mol. The van der Waals surface area contributed by atoms with Crippen molar-refractivity contribution in [3.8, 4) is 0 Å². The van der Waals surface area contributed by atoms with E-state index in [1.54, 1.807) is 7.11 Å². The number of methoxy groups -OCH3 is 1. The largest absolute Gasteiger partial charge is 0.383 e. The number of carbonyl (C=O) groups is 2. The van der Waals surface area contributed by atoms with Gasteiger partial charge in [0.25, 0.3) is 0 Å². The smallest absolute Gasteiger partial charge is 0.245 e. The molecule has 0 aromatic rings. The van der Waals surface area contributed by atoms with Crippen LogP contribution in [0.1, 0.15) is 39.0 Å². The fraction of sp³-hybridized carbons (Fsp3) is 0.857. The van der Waals surface area contributed by atoms with Crippen LogP contribution in [0.4, 0.5) is 0 Å². The van der Waals surface area contributed by atoms with E-state index < -0.39 is 5.54 Å². The van der Waals surface area contributed by atoms with Crippen molar-refractivity contribution in [2.75, 3.05) is 33.4 Å². The molecule has 1 saturated carbocycles. The lowest BCUT2D eigenvalue weighted by atomic mass is 9.80. The third-order valence-electron chi connectivity index (χ3n) is 3.63. The normalized spacial score (nSPS) is 17.5. The lowest BCUT2D eigenvalue weighted by Crippen LogP contribution is -2.59. The van der Waals surface area contributed by atoms with E-state index >= 15 is 0 Å². The van der Waals surface area contributed by atoms with Gasteiger partial charge >= 0.3 is 0 Å². The van der Waals surface area contributed by atoms with Crippen molar-refractivity contribution in [3.05, 3.63) is 0 Å². The molecule has 0 unspecified atom stereocenters. The van der Waals surface area contributed by atoms with Crippen molar-refractivity contribution in [1.29, 1.82) is 0 Å². The second kappa shape index (κ2) is 8.92. The number of hydrogen-bond donors (Lipinski definition) is 3. The molecule has 6 heteroatoms. The average molecular weight is 285 g/mol. The number of nitrogens with one attached hydrogen (secondary N) is 3. The van der Waals surface area contributed by atoms with Gasteiger partial charge in [-0.2, -0.15) is 0 Å². The zero-order valence-corrected chi connectivity index (χ0v) is 12.6. The minimum Gasteiger partial charge on any atom is -0.383 e. The molecule has 0 atom stereocenters. The summed E-state index contributed by atoms with van der Waals surface area (Å²) in [5.41, 5.74) is -0.698. The van der Waals surface area contributed by atoms with Gasteiger partial charge in [0.15, 0.2) is 0 Å². The molecule has 0 radical (unpaired) electrons. The van der Waals surface area contributed by atoms with Crippen LogP contribution in [0.3, 0.4) is 0 Å². The summed E-state index contributed by atoms with van der Waals surface area (Å²) >= 11 is 0. The summed E-state index contributed by atoms with van der Waals surface area (Å²) in [7, 11) is 1.66. The SMILES string of the molecule is COCCNCCNC(=O)C1(NC(C)=O)CCCCC1. The Hall–Kier alpha value is -1.14. The zero-order valence-electron chi connectivity index (χ0n) is 12.6. The number of ether oxygens (including phenoxy) is 1. The predicted octanol–water partition coefficient (Wildman–Crippen LogP) is 0.178. The molecule has 3 N–H and O–H groups in total. The van der Waals surface area contributed by atoms with E-state index in [0.29, 0.717) is 19.7 Å². The van der Waals surface area contributed by atoms with Crippen molar-refractivity contribution in [3.63, 3.8) is 0 Å². The average Bonchev–Trinajstić information content (AvgIpc) is 2.42. The monoisotopic (exact) mass is 285 g/mol. The summed E-state index contributed by atoms with van der Waals surface area (Å²) in [6.45, 7) is 4.15. The van der Waals surface area contributed by atoms with Crippen LogP contribution in [0.25, 0.3) is 0 Å². The molecule has 1 fully saturated rings. The quantitative estimate of drug-likeness (QED) is 0.556. The van der Waals surface area contributed by atoms with Crippen molar-refractivity contribution in [2.24, 2.45) is 0 Å². The first-order chi connectivity index (χ1) is 9.60. The summed E-state index contributed by atoms with van der Waals surface area (Å²) in [5, 5.41) is 8.95. The van der Waals surface area contributed by atoms with Gasteiger partial charge in [0.05, 0.1) is 6.61 Å². The van der Waals surface area contributed by atoms with Gasteiger partial charge in [0.2, 0.25) is 11.8 Å². The fourth-order valence-corrected chi connectivity index (χ4v) is 2.63. The molecule has 0 saturated heterocycles. The third kappa shape index (κ3) is 5.46. The van der Waals surface area contributed by atoms with Gasteiger partial charge in [0.1, 0.15) is 5.54 Å². The Balaban J connectivity index is 2.37. The van der Waals surface area contributed by atoms with Crippen LogP contribution in [-0.4, -0.2) is 50.7 Å². The van der Waals surface area contributed by atoms with Crippen LogP contribution in [0, 0.1) is 0 Å². The van der Waals surface area contributed by atoms with Crippen molar-refractivity contribution in [2.45, 2.75) is 44.6 Å². The van der Waals surface area contributed by atoms with E-state index in [1.807, 2.05) is 0 Å². The Morgan fingerprint density at radius 3 is 2.40 bits per heavy atom. The molecule has 1 rings (SSSR count). The lowest BCUT2D eigenvalue weighted by Gasteiger charge is -2.36. The van der Waals surface area contributed by atoms with E-state index in [9.17, 15) is 9.59 Å². The molecule has 2 amide bonds. The fourth-order valence-electron chi connectivity index (χ4n) is 2.63. The van der Waals surface area contributed by atoms with Gasteiger partial charge in [-0.05, 0) is 12.8 Å². The second-order valence-electron chi connectivity index (χ2n) is 5.32. The second-order valence-corrected chi connectivity index (χ2v) is 5.32. The van der Waals surface area contributed by atoms with Crippen molar-refractivity contribution >= 4 is 11.8 Å². The first kappa shape index (κ1) is 16.9. The number of carbonyl (C=O) groups excluding carboxylic acids is 2. The maximum atomic E-state index is 12.4. The van der Waals surface area contributed by atoms with E-state index in [0.717, 1.165) is 38.6 Å². The van der Waals surface area contributed by atoms with Gasteiger partial charge in [-0.1, -0.05) is 19.3 Å². The molecule has 0 spiro atoms. The van der Waals surface area contributed by atoms with Gasteiger partial charge < -0.3 is 20.7 Å². The molecule has 0 aromatic heterocycles. The van der Waals surface area contributed by atoms with E-state index in [4.69, 9.17) is 4.74 Å². The summed E-state index contributed by atoms with van der Waals surface area (Å²) < 4.78 is 4.93. The van der Waals surface area contributed by atoms with Crippen LogP contribution >= 0.6 is 0 Å². The molecule has 0 bridgehead atoms. The van der Waals surface area contributed by atoms with Gasteiger partial charge in [0, 0.05) is 33.7 Å². The Labute approximate surface area is 121 Å². The highest BCUT2D eigenvalue weighted by Gasteiger charge is 2.39. The van der Waals surface area contributed by atoms with Crippen molar-refractivity contribution in [1.82, 2.24) is 16.0 Å². The molecule has 116 valence electrons. The standard InChI is InChI=1S/C14H27N3O3/c1-12(18)17-14(6-4-3-5-7-14)13(19)16-9-8-15-10-11-20-2/h15H,3-11H2,1-2H3,(H,16,19)(H,17,18). The molecular formula is C14H27N3O3. The summed E-state index contributed by atoms with van der Waals surface area (Å²) in [5.74, 6) is -0.193. The minimum absolute atomic E-state index is 0.0547. The Bertz CT molecular complexity index is 315. The number of rotatable bonds is 8. The molecular weight excluding hydrogens is 258 g/mol. The van der Waals surface area contributed by atoms with Crippen molar-refractivity contribution < 1.29 is 14.3 Å². The first-order valence-corrected chi connectivity index (χ1v) is 7.37. The van der Waals surface area contributed by atoms with Gasteiger partial charge in [-0.25, -0.2) is 0 Å². The minimum atomic E-state index is -0.698. The van der Waals surface area contributed by atoms with Crippen LogP contribution in [0.2, 0.25) is 0 Å². The summed E-state index contributed by atoms with van der Waals surface area (Å²) in [6.07, 6.45) is 4.57. The molecule has 1 aliphatic carbocycles. The third-order valence-corrected chi connectivity index (χ3v) is 3.63. The Morgan fingerprint density at radius 2 is 1.80 bits per heavy atom.